The lowest BCUT2D eigenvalue weighted by molar-refractivity contribution is 0.0953. The monoisotopic (exact) mass is 316 g/mol. The number of rotatable bonds is 1. The second-order valence-electron chi connectivity index (χ2n) is 4.43. The molecule has 3 aromatic rings. The molecule has 0 aliphatic carbocycles. The Morgan fingerprint density at radius 3 is 2.48 bits per heavy atom. The van der Waals surface area contributed by atoms with Gasteiger partial charge in [0.1, 0.15) is 0 Å². The van der Waals surface area contributed by atoms with E-state index in [4.69, 9.17) is 23.8 Å². The molecule has 3 rings (SSSR count). The van der Waals surface area contributed by atoms with Gasteiger partial charge >= 0.3 is 0 Å². The van der Waals surface area contributed by atoms with E-state index in [2.05, 4.69) is 4.98 Å². The van der Waals surface area contributed by atoms with Gasteiger partial charge in [-0.1, -0.05) is 23.7 Å². The Bertz CT molecular complexity index is 958. The third-order valence-corrected chi connectivity index (χ3v) is 3.64. The topological polar surface area (TPSA) is 54.9 Å². The average Bonchev–Trinajstić information content (AvgIpc) is 2.48. The summed E-state index contributed by atoms with van der Waals surface area (Å²) in [6, 6.07) is 13.2. The number of nitrogens with zero attached hydrogens (tertiary/aromatic N) is 1. The molecule has 0 aliphatic heterocycles. The maximum atomic E-state index is 12.5. The zero-order chi connectivity index (χ0) is 15.0. The standard InChI is InChI=1S/C15H9ClN2O2S/c16-10-7-5-9(6-8-10)13(19)18-14(20)11-3-1-2-4-12(11)17-15(18)21/h1-8H,(H,17,21). The number of fused-ring (bicyclic) bond motifs is 1. The van der Waals surface area contributed by atoms with E-state index in [1.54, 1.807) is 48.5 Å². The molecule has 0 fully saturated rings. The minimum absolute atomic E-state index is 0.0682. The summed E-state index contributed by atoms with van der Waals surface area (Å²) in [6.07, 6.45) is 0. The molecule has 2 aromatic carbocycles. The lowest BCUT2D eigenvalue weighted by atomic mass is 10.2. The van der Waals surface area contributed by atoms with Crippen LogP contribution in [0.2, 0.25) is 5.02 Å². The molecule has 1 heterocycles. The van der Waals surface area contributed by atoms with Crippen LogP contribution in [-0.4, -0.2) is 15.5 Å². The molecule has 0 saturated carbocycles. The number of hydrogen-bond acceptors (Lipinski definition) is 3. The zero-order valence-electron chi connectivity index (χ0n) is 10.7. The van der Waals surface area contributed by atoms with E-state index in [1.165, 1.54) is 0 Å². The Hall–Kier alpha value is -2.24. The number of halogens is 1. The van der Waals surface area contributed by atoms with Crippen molar-refractivity contribution in [2.75, 3.05) is 0 Å². The van der Waals surface area contributed by atoms with Gasteiger partial charge in [-0.15, -0.1) is 0 Å². The molecule has 21 heavy (non-hydrogen) atoms. The largest absolute Gasteiger partial charge is 0.331 e. The Balaban J connectivity index is 2.25. The third kappa shape index (κ3) is 2.41. The summed E-state index contributed by atoms with van der Waals surface area (Å²) in [6.45, 7) is 0. The normalized spacial score (nSPS) is 10.7. The Morgan fingerprint density at radius 1 is 1.10 bits per heavy atom. The molecule has 0 radical (unpaired) electrons. The van der Waals surface area contributed by atoms with Gasteiger partial charge in [-0.2, -0.15) is 0 Å². The second-order valence-corrected chi connectivity index (χ2v) is 5.25. The van der Waals surface area contributed by atoms with Crippen LogP contribution in [0.3, 0.4) is 0 Å². The van der Waals surface area contributed by atoms with Crippen molar-refractivity contribution >= 4 is 40.6 Å². The molecule has 6 heteroatoms. The molecule has 0 bridgehead atoms. The van der Waals surface area contributed by atoms with Gasteiger partial charge in [-0.05, 0) is 48.6 Å². The van der Waals surface area contributed by atoms with Gasteiger partial charge in [0.2, 0.25) is 0 Å². The number of carbonyl (C=O) groups excluding carboxylic acids is 1. The fourth-order valence-corrected chi connectivity index (χ4v) is 2.47. The maximum absolute atomic E-state index is 12.5. The maximum Gasteiger partial charge on any atom is 0.269 e. The van der Waals surface area contributed by atoms with Crippen molar-refractivity contribution in [3.63, 3.8) is 0 Å². The number of para-hydroxylation sites is 1. The van der Waals surface area contributed by atoms with Gasteiger partial charge in [0.15, 0.2) is 4.77 Å². The number of benzene rings is 2. The first-order valence-corrected chi connectivity index (χ1v) is 6.91. The van der Waals surface area contributed by atoms with E-state index in [0.29, 0.717) is 21.5 Å². The van der Waals surface area contributed by atoms with Crippen LogP contribution in [0.15, 0.2) is 53.3 Å². The summed E-state index contributed by atoms with van der Waals surface area (Å²) in [7, 11) is 0. The minimum atomic E-state index is -0.483. The summed E-state index contributed by atoms with van der Waals surface area (Å²) in [5, 5.41) is 0.927. The highest BCUT2D eigenvalue weighted by Crippen LogP contribution is 2.11. The molecule has 4 nitrogen and oxygen atoms in total. The van der Waals surface area contributed by atoms with Crippen LogP contribution in [0.4, 0.5) is 0 Å². The Kier molecular flexibility index (Phi) is 3.45. The molecule has 104 valence electrons. The number of carbonyl (C=O) groups is 1. The van der Waals surface area contributed by atoms with E-state index >= 15 is 0 Å². The van der Waals surface area contributed by atoms with Crippen LogP contribution in [-0.2, 0) is 0 Å². The number of aromatic amines is 1. The molecular weight excluding hydrogens is 308 g/mol. The predicted octanol–water partition coefficient (Wildman–Crippen LogP) is 3.40. The molecule has 0 unspecified atom stereocenters. The predicted molar refractivity (Wildman–Crippen MR) is 84.6 cm³/mol. The SMILES string of the molecule is O=C(c1ccc(Cl)cc1)n1c(=S)[nH]c2ccccc2c1=O. The van der Waals surface area contributed by atoms with Crippen molar-refractivity contribution in [3.05, 3.63) is 74.2 Å². The van der Waals surface area contributed by atoms with Crippen molar-refractivity contribution in [1.82, 2.24) is 9.55 Å². The van der Waals surface area contributed by atoms with Crippen LogP contribution in [0.25, 0.3) is 10.9 Å². The summed E-state index contributed by atoms with van der Waals surface area (Å²) in [4.78, 5) is 27.8. The number of hydrogen-bond donors (Lipinski definition) is 1. The van der Waals surface area contributed by atoms with Crippen molar-refractivity contribution < 1.29 is 4.79 Å². The van der Waals surface area contributed by atoms with Gasteiger partial charge in [-0.3, -0.25) is 9.59 Å². The van der Waals surface area contributed by atoms with E-state index in [1.807, 2.05) is 0 Å². The number of H-pyrrole nitrogens is 1. The molecule has 1 N–H and O–H groups in total. The molecule has 0 aliphatic rings. The van der Waals surface area contributed by atoms with Crippen molar-refractivity contribution in [1.29, 1.82) is 0 Å². The molecule has 0 spiro atoms. The quantitative estimate of drug-likeness (QED) is 0.700. The van der Waals surface area contributed by atoms with E-state index in [0.717, 1.165) is 4.57 Å². The highest BCUT2D eigenvalue weighted by molar-refractivity contribution is 7.71. The summed E-state index contributed by atoms with van der Waals surface area (Å²) in [5.74, 6) is -0.483. The van der Waals surface area contributed by atoms with Crippen LogP contribution in [0.1, 0.15) is 10.4 Å². The zero-order valence-corrected chi connectivity index (χ0v) is 12.2. The van der Waals surface area contributed by atoms with Crippen molar-refractivity contribution in [3.8, 4) is 0 Å². The average molecular weight is 317 g/mol. The summed E-state index contributed by atoms with van der Waals surface area (Å²) in [5.41, 5.74) is 0.512. The van der Waals surface area contributed by atoms with Gasteiger partial charge in [-0.25, -0.2) is 4.57 Å². The molecule has 0 amide bonds. The fraction of sp³-hybridized carbons (Fsp3) is 0. The first kappa shape index (κ1) is 13.7. The van der Waals surface area contributed by atoms with Crippen LogP contribution in [0.5, 0.6) is 0 Å². The van der Waals surface area contributed by atoms with E-state index in [9.17, 15) is 9.59 Å². The van der Waals surface area contributed by atoms with Crippen LogP contribution >= 0.6 is 23.8 Å². The van der Waals surface area contributed by atoms with Gasteiger partial charge in [0.05, 0.1) is 10.9 Å². The number of nitrogens with one attached hydrogen (secondary N) is 1. The second kappa shape index (κ2) is 5.27. The van der Waals surface area contributed by atoms with E-state index in [-0.39, 0.29) is 4.77 Å². The molecule has 0 atom stereocenters. The van der Waals surface area contributed by atoms with Crippen molar-refractivity contribution in [2.45, 2.75) is 0 Å². The van der Waals surface area contributed by atoms with Crippen LogP contribution in [0, 0.1) is 4.77 Å². The molecular formula is C15H9ClN2O2S. The highest BCUT2D eigenvalue weighted by atomic mass is 35.5. The Labute approximate surface area is 129 Å². The Morgan fingerprint density at radius 2 is 1.76 bits per heavy atom. The highest BCUT2D eigenvalue weighted by Gasteiger charge is 2.14. The summed E-state index contributed by atoms with van der Waals surface area (Å²) < 4.78 is 1.03. The van der Waals surface area contributed by atoms with E-state index < -0.39 is 11.5 Å². The van der Waals surface area contributed by atoms with Crippen molar-refractivity contribution in [2.24, 2.45) is 0 Å². The third-order valence-electron chi connectivity index (χ3n) is 3.10. The first-order valence-electron chi connectivity index (χ1n) is 6.12. The molecule has 1 aromatic heterocycles. The van der Waals surface area contributed by atoms with Gasteiger partial charge in [0, 0.05) is 10.6 Å². The number of aromatic nitrogens is 2. The van der Waals surface area contributed by atoms with Crippen LogP contribution < -0.4 is 5.56 Å². The van der Waals surface area contributed by atoms with Gasteiger partial charge in [0.25, 0.3) is 11.5 Å². The lowest BCUT2D eigenvalue weighted by Crippen LogP contribution is -2.28. The van der Waals surface area contributed by atoms with Gasteiger partial charge < -0.3 is 4.98 Å². The lowest BCUT2D eigenvalue weighted by Gasteiger charge is -2.07. The smallest absolute Gasteiger partial charge is 0.269 e. The minimum Gasteiger partial charge on any atom is -0.331 e. The first-order chi connectivity index (χ1) is 10.1. The fourth-order valence-electron chi connectivity index (χ4n) is 2.07. The summed E-state index contributed by atoms with van der Waals surface area (Å²) >= 11 is 10.9. The molecule has 0 saturated heterocycles.